The number of nitrogens with zero attached hydrogens (tertiary/aromatic N) is 3. The summed E-state index contributed by atoms with van der Waals surface area (Å²) in [7, 11) is 1.70. The highest BCUT2D eigenvalue weighted by atomic mass is 16.3. The van der Waals surface area contributed by atoms with Gasteiger partial charge < -0.3 is 10.0 Å². The molecular formula is C17H23N3O2. The Morgan fingerprint density at radius 3 is 2.45 bits per heavy atom. The van der Waals surface area contributed by atoms with Crippen LogP contribution in [-0.4, -0.2) is 45.4 Å². The molecule has 1 heterocycles. The van der Waals surface area contributed by atoms with Gasteiger partial charge in [-0.25, -0.2) is 4.68 Å². The van der Waals surface area contributed by atoms with Gasteiger partial charge in [-0.2, -0.15) is 5.10 Å². The summed E-state index contributed by atoms with van der Waals surface area (Å²) in [5, 5.41) is 13.9. The average molecular weight is 301 g/mol. The number of para-hydroxylation sites is 1. The van der Waals surface area contributed by atoms with Gasteiger partial charge in [0, 0.05) is 13.2 Å². The fourth-order valence-electron chi connectivity index (χ4n) is 2.46. The summed E-state index contributed by atoms with van der Waals surface area (Å²) in [4.78, 5) is 14.1. The predicted molar refractivity (Wildman–Crippen MR) is 86.0 cm³/mol. The minimum Gasteiger partial charge on any atom is -0.394 e. The van der Waals surface area contributed by atoms with Gasteiger partial charge in [0.25, 0.3) is 5.91 Å². The van der Waals surface area contributed by atoms with E-state index in [4.69, 9.17) is 0 Å². The minimum atomic E-state index is -0.262. The van der Waals surface area contributed by atoms with Crippen molar-refractivity contribution in [3.8, 4) is 5.69 Å². The van der Waals surface area contributed by atoms with Crippen molar-refractivity contribution in [3.05, 3.63) is 48.3 Å². The highest BCUT2D eigenvalue weighted by Gasteiger charge is 2.31. The highest BCUT2D eigenvalue weighted by Crippen LogP contribution is 2.24. The number of amides is 1. The van der Waals surface area contributed by atoms with E-state index in [0.29, 0.717) is 5.69 Å². The monoisotopic (exact) mass is 301 g/mol. The van der Waals surface area contributed by atoms with E-state index in [0.717, 1.165) is 5.69 Å². The second-order valence-corrected chi connectivity index (χ2v) is 6.46. The van der Waals surface area contributed by atoms with Crippen LogP contribution in [0.15, 0.2) is 42.6 Å². The summed E-state index contributed by atoms with van der Waals surface area (Å²) in [6.07, 6.45) is 1.77. The Bertz CT molecular complexity index is 629. The van der Waals surface area contributed by atoms with Crippen molar-refractivity contribution in [1.29, 1.82) is 0 Å². The lowest BCUT2D eigenvalue weighted by atomic mass is 9.86. The molecule has 5 heteroatoms. The maximum absolute atomic E-state index is 12.6. The fraction of sp³-hybridized carbons (Fsp3) is 0.412. The summed E-state index contributed by atoms with van der Waals surface area (Å²) in [5.74, 6) is -0.191. The van der Waals surface area contributed by atoms with Crippen LogP contribution in [0.25, 0.3) is 5.69 Å². The Balaban J connectivity index is 2.22. The molecule has 2 aromatic rings. The lowest BCUT2D eigenvalue weighted by Crippen LogP contribution is -2.47. The summed E-state index contributed by atoms with van der Waals surface area (Å²) in [6.45, 7) is 5.92. The molecule has 22 heavy (non-hydrogen) atoms. The van der Waals surface area contributed by atoms with Gasteiger partial charge in [0.1, 0.15) is 0 Å². The van der Waals surface area contributed by atoms with Gasteiger partial charge in [-0.15, -0.1) is 0 Å². The molecule has 0 aliphatic rings. The Morgan fingerprint density at radius 1 is 1.27 bits per heavy atom. The van der Waals surface area contributed by atoms with Crippen LogP contribution in [0.4, 0.5) is 0 Å². The van der Waals surface area contributed by atoms with Crippen LogP contribution in [0.1, 0.15) is 31.3 Å². The molecule has 1 aromatic carbocycles. The third kappa shape index (κ3) is 3.36. The van der Waals surface area contributed by atoms with Crippen LogP contribution in [0, 0.1) is 5.41 Å². The van der Waals surface area contributed by atoms with Crippen LogP contribution in [0.2, 0.25) is 0 Å². The topological polar surface area (TPSA) is 58.4 Å². The SMILES string of the molecule is CN(C(=O)c1ccn(-c2ccccc2)n1)[C@H](CO)C(C)(C)C. The second-order valence-electron chi connectivity index (χ2n) is 6.46. The first-order valence-corrected chi connectivity index (χ1v) is 7.33. The number of hydrogen-bond acceptors (Lipinski definition) is 3. The van der Waals surface area contributed by atoms with E-state index in [9.17, 15) is 9.90 Å². The van der Waals surface area contributed by atoms with Crippen molar-refractivity contribution >= 4 is 5.91 Å². The number of hydrogen-bond donors (Lipinski definition) is 1. The van der Waals surface area contributed by atoms with Gasteiger partial charge in [0.15, 0.2) is 5.69 Å². The van der Waals surface area contributed by atoms with E-state index in [1.165, 1.54) is 0 Å². The van der Waals surface area contributed by atoms with E-state index >= 15 is 0 Å². The summed E-state index contributed by atoms with van der Waals surface area (Å²) >= 11 is 0. The number of carbonyl (C=O) groups excluding carboxylic acids is 1. The molecule has 0 saturated heterocycles. The number of aliphatic hydroxyl groups excluding tert-OH is 1. The van der Waals surface area contributed by atoms with Gasteiger partial charge in [-0.05, 0) is 23.6 Å². The lowest BCUT2D eigenvalue weighted by molar-refractivity contribution is 0.0428. The maximum Gasteiger partial charge on any atom is 0.274 e. The number of rotatable bonds is 4. The molecule has 1 amide bonds. The van der Waals surface area contributed by atoms with E-state index in [1.54, 1.807) is 28.9 Å². The number of aliphatic hydroxyl groups is 1. The van der Waals surface area contributed by atoms with Crippen molar-refractivity contribution < 1.29 is 9.90 Å². The van der Waals surface area contributed by atoms with E-state index in [-0.39, 0.29) is 24.0 Å². The predicted octanol–water partition coefficient (Wildman–Crippen LogP) is 2.35. The molecule has 0 fully saturated rings. The van der Waals surface area contributed by atoms with Crippen LogP contribution in [-0.2, 0) is 0 Å². The molecule has 1 atom stereocenters. The smallest absolute Gasteiger partial charge is 0.274 e. The van der Waals surface area contributed by atoms with E-state index in [1.807, 2.05) is 51.1 Å². The zero-order valence-corrected chi connectivity index (χ0v) is 13.5. The molecule has 0 spiro atoms. The van der Waals surface area contributed by atoms with Crippen molar-refractivity contribution in [1.82, 2.24) is 14.7 Å². The zero-order chi connectivity index (χ0) is 16.3. The molecule has 0 aliphatic carbocycles. The Kier molecular flexibility index (Phi) is 4.66. The zero-order valence-electron chi connectivity index (χ0n) is 13.5. The van der Waals surface area contributed by atoms with Crippen molar-refractivity contribution in [2.75, 3.05) is 13.7 Å². The third-order valence-corrected chi connectivity index (χ3v) is 3.79. The van der Waals surface area contributed by atoms with Gasteiger partial charge in [0.2, 0.25) is 0 Å². The molecule has 0 radical (unpaired) electrons. The largest absolute Gasteiger partial charge is 0.394 e. The van der Waals surface area contributed by atoms with Crippen molar-refractivity contribution in [2.45, 2.75) is 26.8 Å². The van der Waals surface area contributed by atoms with Crippen molar-refractivity contribution in [2.24, 2.45) is 5.41 Å². The standard InChI is InChI=1S/C17H23N3O2/c1-17(2,3)15(12-21)19(4)16(22)14-10-11-20(18-14)13-8-6-5-7-9-13/h5-11,15,21H,12H2,1-4H3/t15-/m1/s1. The van der Waals surface area contributed by atoms with Crippen LogP contribution in [0.5, 0.6) is 0 Å². The van der Waals surface area contributed by atoms with Gasteiger partial charge in [-0.1, -0.05) is 39.0 Å². The molecule has 2 rings (SSSR count). The van der Waals surface area contributed by atoms with Gasteiger partial charge in [0.05, 0.1) is 18.3 Å². The number of carbonyl (C=O) groups is 1. The number of likely N-dealkylation sites (N-methyl/N-ethyl adjacent to an activating group) is 1. The van der Waals surface area contributed by atoms with E-state index in [2.05, 4.69) is 5.10 Å². The van der Waals surface area contributed by atoms with E-state index < -0.39 is 0 Å². The molecule has 1 N–H and O–H groups in total. The van der Waals surface area contributed by atoms with Crippen LogP contribution < -0.4 is 0 Å². The molecule has 0 aliphatic heterocycles. The average Bonchev–Trinajstić information content (AvgIpc) is 2.96. The normalized spacial score (nSPS) is 13.0. The Morgan fingerprint density at radius 2 is 1.91 bits per heavy atom. The summed E-state index contributed by atoms with van der Waals surface area (Å²) in [6, 6.07) is 11.1. The first-order chi connectivity index (χ1) is 10.3. The molecule has 0 saturated carbocycles. The molecule has 0 unspecified atom stereocenters. The van der Waals surface area contributed by atoms with Gasteiger partial charge in [-0.3, -0.25) is 4.79 Å². The van der Waals surface area contributed by atoms with Gasteiger partial charge >= 0.3 is 0 Å². The third-order valence-electron chi connectivity index (χ3n) is 3.79. The molecule has 1 aromatic heterocycles. The first-order valence-electron chi connectivity index (χ1n) is 7.33. The van der Waals surface area contributed by atoms with Crippen LogP contribution >= 0.6 is 0 Å². The Hall–Kier alpha value is -2.14. The summed E-state index contributed by atoms with van der Waals surface area (Å²) < 4.78 is 1.67. The number of aromatic nitrogens is 2. The van der Waals surface area contributed by atoms with Crippen molar-refractivity contribution in [3.63, 3.8) is 0 Å². The number of benzene rings is 1. The molecule has 0 bridgehead atoms. The van der Waals surface area contributed by atoms with Crippen LogP contribution in [0.3, 0.4) is 0 Å². The maximum atomic E-state index is 12.6. The Labute approximate surface area is 131 Å². The second kappa shape index (κ2) is 6.32. The summed E-state index contributed by atoms with van der Waals surface area (Å²) in [5.41, 5.74) is 1.06. The fourth-order valence-corrected chi connectivity index (χ4v) is 2.46. The first kappa shape index (κ1) is 16.2. The minimum absolute atomic E-state index is 0.0782. The lowest BCUT2D eigenvalue weighted by Gasteiger charge is -2.36. The highest BCUT2D eigenvalue weighted by molar-refractivity contribution is 5.92. The molecule has 5 nitrogen and oxygen atoms in total. The molecular weight excluding hydrogens is 278 g/mol. The quantitative estimate of drug-likeness (QED) is 0.943. The molecule has 118 valence electrons.